The first-order chi connectivity index (χ1) is 8.47. The molecule has 0 fully saturated rings. The fraction of sp³-hybridized carbons (Fsp3) is 0.357. The summed E-state index contributed by atoms with van der Waals surface area (Å²) in [5, 5.41) is 10.8. The van der Waals surface area contributed by atoms with Gasteiger partial charge in [-0.15, -0.1) is 0 Å². The van der Waals surface area contributed by atoms with Gasteiger partial charge in [-0.25, -0.2) is 4.79 Å². The lowest BCUT2D eigenvalue weighted by atomic mass is 9.90. The second-order valence-corrected chi connectivity index (χ2v) is 5.15. The van der Waals surface area contributed by atoms with Crippen LogP contribution in [0.1, 0.15) is 19.4 Å². The third-order valence-electron chi connectivity index (χ3n) is 3.42. The highest BCUT2D eigenvalue weighted by Gasteiger charge is 2.36. The summed E-state index contributed by atoms with van der Waals surface area (Å²) >= 11 is 0. The van der Waals surface area contributed by atoms with Gasteiger partial charge < -0.3 is 14.3 Å². The van der Waals surface area contributed by atoms with Crippen LogP contribution in [0.2, 0.25) is 0 Å². The standard InChI is InChI=1S/C14H14O4/c1-14(2)11(15)7-8-3-5-10-9(13(8)18-14)4-6-12(16)17-10/h3-6,11,15H,7H2,1-2H3. The van der Waals surface area contributed by atoms with Crippen molar-refractivity contribution >= 4 is 11.0 Å². The van der Waals surface area contributed by atoms with Crippen LogP contribution in [0.25, 0.3) is 11.0 Å². The van der Waals surface area contributed by atoms with Crippen molar-refractivity contribution < 1.29 is 14.3 Å². The zero-order valence-corrected chi connectivity index (χ0v) is 10.3. The molecule has 4 heteroatoms. The van der Waals surface area contributed by atoms with Gasteiger partial charge >= 0.3 is 5.63 Å². The molecule has 1 N–H and O–H groups in total. The van der Waals surface area contributed by atoms with Crippen LogP contribution in [0.15, 0.2) is 33.5 Å². The molecule has 0 radical (unpaired) electrons. The summed E-state index contributed by atoms with van der Waals surface area (Å²) in [4.78, 5) is 11.2. The van der Waals surface area contributed by atoms with Crippen molar-refractivity contribution in [2.75, 3.05) is 0 Å². The Morgan fingerprint density at radius 2 is 2.06 bits per heavy atom. The first-order valence-electron chi connectivity index (χ1n) is 5.90. The highest BCUT2D eigenvalue weighted by molar-refractivity contribution is 5.85. The van der Waals surface area contributed by atoms with Crippen LogP contribution < -0.4 is 10.4 Å². The zero-order chi connectivity index (χ0) is 12.9. The van der Waals surface area contributed by atoms with E-state index in [0.29, 0.717) is 17.8 Å². The normalized spacial score (nSPS) is 21.4. The van der Waals surface area contributed by atoms with Crippen molar-refractivity contribution in [3.8, 4) is 5.75 Å². The maximum absolute atomic E-state index is 11.2. The molecule has 1 aliphatic heterocycles. The smallest absolute Gasteiger partial charge is 0.336 e. The Bertz CT molecular complexity index is 669. The van der Waals surface area contributed by atoms with Gasteiger partial charge in [0.15, 0.2) is 0 Å². The van der Waals surface area contributed by atoms with E-state index in [1.807, 2.05) is 19.9 Å². The summed E-state index contributed by atoms with van der Waals surface area (Å²) in [6.45, 7) is 3.69. The molecular weight excluding hydrogens is 232 g/mol. The largest absolute Gasteiger partial charge is 0.484 e. The Hall–Kier alpha value is -1.81. The lowest BCUT2D eigenvalue weighted by Crippen LogP contribution is -2.46. The number of ether oxygens (including phenoxy) is 1. The van der Waals surface area contributed by atoms with E-state index in [-0.39, 0.29) is 5.63 Å². The number of hydrogen-bond acceptors (Lipinski definition) is 4. The van der Waals surface area contributed by atoms with Crippen molar-refractivity contribution in [2.24, 2.45) is 0 Å². The lowest BCUT2D eigenvalue weighted by Gasteiger charge is -2.37. The molecule has 2 heterocycles. The van der Waals surface area contributed by atoms with Gasteiger partial charge in [0.2, 0.25) is 0 Å². The Kier molecular flexibility index (Phi) is 2.25. The highest BCUT2D eigenvalue weighted by atomic mass is 16.5. The van der Waals surface area contributed by atoms with Crippen LogP contribution in [0.5, 0.6) is 5.75 Å². The summed E-state index contributed by atoms with van der Waals surface area (Å²) in [5.41, 5.74) is 0.423. The number of benzene rings is 1. The molecule has 4 nitrogen and oxygen atoms in total. The van der Waals surface area contributed by atoms with Gasteiger partial charge in [-0.05, 0) is 31.5 Å². The minimum Gasteiger partial charge on any atom is -0.484 e. The van der Waals surface area contributed by atoms with Crippen molar-refractivity contribution in [1.82, 2.24) is 0 Å². The second kappa shape index (κ2) is 3.59. The Morgan fingerprint density at radius 3 is 2.83 bits per heavy atom. The topological polar surface area (TPSA) is 59.7 Å². The Morgan fingerprint density at radius 1 is 1.28 bits per heavy atom. The van der Waals surface area contributed by atoms with Gasteiger partial charge in [-0.1, -0.05) is 6.07 Å². The van der Waals surface area contributed by atoms with Crippen LogP contribution in [0, 0.1) is 0 Å². The second-order valence-electron chi connectivity index (χ2n) is 5.15. The molecule has 1 aromatic carbocycles. The molecule has 2 aromatic rings. The first kappa shape index (κ1) is 11.3. The van der Waals surface area contributed by atoms with Crippen molar-refractivity contribution in [2.45, 2.75) is 32.0 Å². The number of hydrogen-bond donors (Lipinski definition) is 1. The molecule has 3 rings (SSSR count). The summed E-state index contributed by atoms with van der Waals surface area (Å²) < 4.78 is 11.0. The molecule has 18 heavy (non-hydrogen) atoms. The SMILES string of the molecule is CC1(C)Oc2c(ccc3oc(=O)ccc23)CC1O. The molecule has 1 aromatic heterocycles. The van der Waals surface area contributed by atoms with E-state index >= 15 is 0 Å². The molecule has 0 spiro atoms. The predicted molar refractivity (Wildman–Crippen MR) is 66.9 cm³/mol. The molecular formula is C14H14O4. The Labute approximate surface area is 104 Å². The Balaban J connectivity index is 2.26. The minimum absolute atomic E-state index is 0.377. The molecule has 94 valence electrons. The number of aliphatic hydroxyl groups is 1. The molecule has 1 aliphatic rings. The lowest BCUT2D eigenvalue weighted by molar-refractivity contribution is -0.0400. The summed E-state index contributed by atoms with van der Waals surface area (Å²) in [6.07, 6.45) is -0.00427. The van der Waals surface area contributed by atoms with E-state index in [0.717, 1.165) is 10.9 Å². The van der Waals surface area contributed by atoms with E-state index in [1.54, 1.807) is 12.1 Å². The predicted octanol–water partition coefficient (Wildman–Crippen LogP) is 1.87. The fourth-order valence-electron chi connectivity index (χ4n) is 2.23. The molecule has 1 unspecified atom stereocenters. The minimum atomic E-state index is -0.641. The van der Waals surface area contributed by atoms with E-state index < -0.39 is 11.7 Å². The van der Waals surface area contributed by atoms with Gasteiger partial charge in [0.05, 0.1) is 11.5 Å². The summed E-state index contributed by atoms with van der Waals surface area (Å²) in [6, 6.07) is 6.65. The molecule has 0 bridgehead atoms. The van der Waals surface area contributed by atoms with Crippen molar-refractivity contribution in [1.29, 1.82) is 0 Å². The quantitative estimate of drug-likeness (QED) is 0.721. The zero-order valence-electron chi connectivity index (χ0n) is 10.3. The fourth-order valence-corrected chi connectivity index (χ4v) is 2.23. The van der Waals surface area contributed by atoms with Crippen LogP contribution in [0.3, 0.4) is 0 Å². The maximum Gasteiger partial charge on any atom is 0.336 e. The van der Waals surface area contributed by atoms with Crippen molar-refractivity contribution in [3.05, 3.63) is 40.2 Å². The molecule has 0 aliphatic carbocycles. The van der Waals surface area contributed by atoms with E-state index in [4.69, 9.17) is 9.15 Å². The average molecular weight is 246 g/mol. The maximum atomic E-state index is 11.2. The van der Waals surface area contributed by atoms with Gasteiger partial charge in [-0.3, -0.25) is 0 Å². The van der Waals surface area contributed by atoms with E-state index in [9.17, 15) is 9.90 Å². The van der Waals surface area contributed by atoms with E-state index in [2.05, 4.69) is 0 Å². The van der Waals surface area contributed by atoms with Crippen LogP contribution in [-0.4, -0.2) is 16.8 Å². The first-order valence-corrected chi connectivity index (χ1v) is 5.90. The summed E-state index contributed by atoms with van der Waals surface area (Å²) in [7, 11) is 0. The van der Waals surface area contributed by atoms with Gasteiger partial charge in [-0.2, -0.15) is 0 Å². The monoisotopic (exact) mass is 246 g/mol. The van der Waals surface area contributed by atoms with Crippen LogP contribution >= 0.6 is 0 Å². The third-order valence-corrected chi connectivity index (χ3v) is 3.42. The number of rotatable bonds is 0. The average Bonchev–Trinajstić information content (AvgIpc) is 2.30. The number of aliphatic hydroxyl groups excluding tert-OH is 1. The molecule has 0 saturated heterocycles. The van der Waals surface area contributed by atoms with Crippen LogP contribution in [-0.2, 0) is 6.42 Å². The third kappa shape index (κ3) is 1.61. The summed E-state index contributed by atoms with van der Waals surface area (Å²) in [5.74, 6) is 0.701. The van der Waals surface area contributed by atoms with E-state index in [1.165, 1.54) is 6.07 Å². The molecule has 0 saturated carbocycles. The highest BCUT2D eigenvalue weighted by Crippen LogP contribution is 2.38. The molecule has 0 amide bonds. The number of fused-ring (bicyclic) bond motifs is 3. The van der Waals surface area contributed by atoms with Crippen molar-refractivity contribution in [3.63, 3.8) is 0 Å². The van der Waals surface area contributed by atoms with Gasteiger partial charge in [0, 0.05) is 12.5 Å². The van der Waals surface area contributed by atoms with Crippen LogP contribution in [0.4, 0.5) is 0 Å². The van der Waals surface area contributed by atoms with Gasteiger partial charge in [0.25, 0.3) is 0 Å². The van der Waals surface area contributed by atoms with Gasteiger partial charge in [0.1, 0.15) is 16.9 Å². The molecule has 1 atom stereocenters.